The van der Waals surface area contributed by atoms with Crippen molar-refractivity contribution in [2.45, 2.75) is 26.2 Å². The molecule has 5 heteroatoms. The maximum atomic E-state index is 11.9. The fourth-order valence-corrected chi connectivity index (χ4v) is 2.64. The lowest BCUT2D eigenvalue weighted by molar-refractivity contribution is -0.116. The summed E-state index contributed by atoms with van der Waals surface area (Å²) in [5, 5.41) is 2.84. The summed E-state index contributed by atoms with van der Waals surface area (Å²) in [5.74, 6) is 0.560. The number of carbonyl (C=O) groups is 1. The Kier molecular flexibility index (Phi) is 3.69. The molecule has 1 aliphatic rings. The van der Waals surface area contributed by atoms with Gasteiger partial charge in [-0.2, -0.15) is 0 Å². The highest BCUT2D eigenvalue weighted by atomic mass is 16.1. The number of H-pyrrole nitrogens is 1. The molecule has 0 atom stereocenters. The predicted octanol–water partition coefficient (Wildman–Crippen LogP) is 2.30. The molecule has 1 fully saturated rings. The fourth-order valence-electron chi connectivity index (χ4n) is 2.64. The first kappa shape index (κ1) is 13.1. The first-order valence-corrected chi connectivity index (χ1v) is 7.19. The third-order valence-electron chi connectivity index (χ3n) is 3.75. The van der Waals surface area contributed by atoms with Gasteiger partial charge < -0.3 is 9.88 Å². The van der Waals surface area contributed by atoms with Crippen LogP contribution in [0.25, 0.3) is 11.0 Å². The van der Waals surface area contributed by atoms with Gasteiger partial charge in [0.05, 0.1) is 11.0 Å². The minimum Gasteiger partial charge on any atom is -0.324 e. The number of benzene rings is 1. The lowest BCUT2D eigenvalue weighted by Gasteiger charge is -2.13. The Morgan fingerprint density at radius 2 is 2.20 bits per heavy atom. The molecule has 1 aromatic heterocycles. The number of hydrogen-bond donors (Lipinski definition) is 2. The molecule has 20 heavy (non-hydrogen) atoms. The van der Waals surface area contributed by atoms with Crippen LogP contribution in [0.1, 0.15) is 24.8 Å². The van der Waals surface area contributed by atoms with Crippen molar-refractivity contribution in [3.63, 3.8) is 0 Å². The van der Waals surface area contributed by atoms with Gasteiger partial charge in [0.2, 0.25) is 11.9 Å². The fraction of sp³-hybridized carbons (Fsp3) is 0.467. The van der Waals surface area contributed by atoms with Crippen LogP contribution < -0.4 is 5.32 Å². The molecule has 0 bridgehead atoms. The number of nitrogens with one attached hydrogen (secondary N) is 2. The van der Waals surface area contributed by atoms with E-state index in [2.05, 4.69) is 20.2 Å². The average Bonchev–Trinajstić information content (AvgIpc) is 3.04. The van der Waals surface area contributed by atoms with Crippen molar-refractivity contribution in [2.24, 2.45) is 0 Å². The molecular weight excluding hydrogens is 252 g/mol. The second-order valence-electron chi connectivity index (χ2n) is 5.45. The first-order valence-electron chi connectivity index (χ1n) is 7.19. The summed E-state index contributed by atoms with van der Waals surface area (Å²) in [4.78, 5) is 21.8. The summed E-state index contributed by atoms with van der Waals surface area (Å²) >= 11 is 0. The number of carbonyl (C=O) groups excluding carboxylic acids is 1. The van der Waals surface area contributed by atoms with E-state index in [9.17, 15) is 4.79 Å². The lowest BCUT2D eigenvalue weighted by atomic mass is 10.2. The van der Waals surface area contributed by atoms with Gasteiger partial charge in [0.1, 0.15) is 0 Å². The SMILES string of the molecule is Cc1ccc2nc(NC(=O)CCN3CCCC3)[nH]c2c1. The van der Waals surface area contributed by atoms with Crippen LogP contribution in [0, 0.1) is 6.92 Å². The van der Waals surface area contributed by atoms with Crippen LogP contribution in [-0.4, -0.2) is 40.4 Å². The molecule has 5 nitrogen and oxygen atoms in total. The Morgan fingerprint density at radius 3 is 3.00 bits per heavy atom. The summed E-state index contributed by atoms with van der Waals surface area (Å²) in [7, 11) is 0. The van der Waals surface area contributed by atoms with Crippen LogP contribution in [-0.2, 0) is 4.79 Å². The normalized spacial score (nSPS) is 15.8. The van der Waals surface area contributed by atoms with Crippen molar-refractivity contribution in [3.8, 4) is 0 Å². The Labute approximate surface area is 118 Å². The van der Waals surface area contributed by atoms with E-state index in [0.29, 0.717) is 12.4 Å². The number of rotatable bonds is 4. The number of aromatic amines is 1. The molecule has 106 valence electrons. The number of imidazole rings is 1. The van der Waals surface area contributed by atoms with E-state index in [1.54, 1.807) is 0 Å². The van der Waals surface area contributed by atoms with E-state index in [1.807, 2.05) is 25.1 Å². The zero-order valence-electron chi connectivity index (χ0n) is 11.8. The molecular formula is C15H20N4O. The Hall–Kier alpha value is -1.88. The molecule has 1 saturated heterocycles. The van der Waals surface area contributed by atoms with Crippen LogP contribution in [0.4, 0.5) is 5.95 Å². The molecule has 0 unspecified atom stereocenters. The van der Waals surface area contributed by atoms with Crippen molar-refractivity contribution >= 4 is 22.9 Å². The van der Waals surface area contributed by atoms with Crippen molar-refractivity contribution in [3.05, 3.63) is 23.8 Å². The summed E-state index contributed by atoms with van der Waals surface area (Å²) in [6, 6.07) is 6.01. The maximum absolute atomic E-state index is 11.9. The van der Waals surface area contributed by atoms with Crippen molar-refractivity contribution in [2.75, 3.05) is 25.0 Å². The molecule has 0 radical (unpaired) electrons. The van der Waals surface area contributed by atoms with E-state index < -0.39 is 0 Å². The number of anilines is 1. The second kappa shape index (κ2) is 5.63. The number of fused-ring (bicyclic) bond motifs is 1. The predicted molar refractivity (Wildman–Crippen MR) is 79.8 cm³/mol. The quantitative estimate of drug-likeness (QED) is 0.897. The van der Waals surface area contributed by atoms with E-state index in [1.165, 1.54) is 18.4 Å². The Morgan fingerprint density at radius 1 is 1.40 bits per heavy atom. The van der Waals surface area contributed by atoms with E-state index in [4.69, 9.17) is 0 Å². The summed E-state index contributed by atoms with van der Waals surface area (Å²) in [6.45, 7) is 5.12. The van der Waals surface area contributed by atoms with Gasteiger partial charge in [-0.15, -0.1) is 0 Å². The number of aromatic nitrogens is 2. The third-order valence-corrected chi connectivity index (χ3v) is 3.75. The van der Waals surface area contributed by atoms with Crippen LogP contribution >= 0.6 is 0 Å². The number of hydrogen-bond acceptors (Lipinski definition) is 3. The molecule has 1 aromatic carbocycles. The van der Waals surface area contributed by atoms with Gasteiger partial charge in [-0.25, -0.2) is 4.98 Å². The van der Waals surface area contributed by atoms with Crippen molar-refractivity contribution in [1.82, 2.24) is 14.9 Å². The largest absolute Gasteiger partial charge is 0.324 e. The minimum absolute atomic E-state index is 0.0210. The van der Waals surface area contributed by atoms with Gasteiger partial charge in [0.25, 0.3) is 0 Å². The molecule has 2 aromatic rings. The van der Waals surface area contributed by atoms with Gasteiger partial charge in [-0.1, -0.05) is 6.07 Å². The number of aryl methyl sites for hydroxylation is 1. The summed E-state index contributed by atoms with van der Waals surface area (Å²) in [6.07, 6.45) is 3.03. The molecule has 3 rings (SSSR count). The van der Waals surface area contributed by atoms with Gasteiger partial charge >= 0.3 is 0 Å². The van der Waals surface area contributed by atoms with Crippen LogP contribution in [0.2, 0.25) is 0 Å². The van der Waals surface area contributed by atoms with Gasteiger partial charge in [0, 0.05) is 13.0 Å². The van der Waals surface area contributed by atoms with Crippen molar-refractivity contribution < 1.29 is 4.79 Å². The Balaban J connectivity index is 1.59. The summed E-state index contributed by atoms with van der Waals surface area (Å²) in [5.41, 5.74) is 3.01. The van der Waals surface area contributed by atoms with E-state index in [-0.39, 0.29) is 5.91 Å². The highest BCUT2D eigenvalue weighted by Crippen LogP contribution is 2.16. The van der Waals surface area contributed by atoms with Crippen molar-refractivity contribution in [1.29, 1.82) is 0 Å². The monoisotopic (exact) mass is 272 g/mol. The summed E-state index contributed by atoms with van der Waals surface area (Å²) < 4.78 is 0. The van der Waals surface area contributed by atoms with Crippen LogP contribution in [0.15, 0.2) is 18.2 Å². The molecule has 0 spiro atoms. The first-order chi connectivity index (χ1) is 9.70. The zero-order valence-corrected chi connectivity index (χ0v) is 11.8. The van der Waals surface area contributed by atoms with Crippen LogP contribution in [0.5, 0.6) is 0 Å². The highest BCUT2D eigenvalue weighted by molar-refractivity contribution is 5.91. The zero-order chi connectivity index (χ0) is 13.9. The van der Waals surface area contributed by atoms with E-state index >= 15 is 0 Å². The van der Waals surface area contributed by atoms with Gasteiger partial charge in [-0.05, 0) is 50.6 Å². The second-order valence-corrected chi connectivity index (χ2v) is 5.45. The Bertz CT molecular complexity index is 613. The third kappa shape index (κ3) is 2.99. The molecule has 1 aliphatic heterocycles. The molecule has 0 saturated carbocycles. The highest BCUT2D eigenvalue weighted by Gasteiger charge is 2.13. The topological polar surface area (TPSA) is 61.0 Å². The van der Waals surface area contributed by atoms with Gasteiger partial charge in [0.15, 0.2) is 0 Å². The average molecular weight is 272 g/mol. The smallest absolute Gasteiger partial charge is 0.227 e. The molecule has 2 N–H and O–H groups in total. The van der Waals surface area contributed by atoms with E-state index in [0.717, 1.165) is 30.7 Å². The molecule has 1 amide bonds. The number of nitrogens with zero attached hydrogens (tertiary/aromatic N) is 2. The standard InChI is InChI=1S/C15H20N4O/c1-11-4-5-12-13(10-11)17-15(16-12)18-14(20)6-9-19-7-2-3-8-19/h4-5,10H,2-3,6-9H2,1H3,(H2,16,17,18,20). The van der Waals surface area contributed by atoms with Crippen LogP contribution in [0.3, 0.4) is 0 Å². The number of amides is 1. The minimum atomic E-state index is 0.0210. The molecule has 0 aliphatic carbocycles. The lowest BCUT2D eigenvalue weighted by Crippen LogP contribution is -2.25. The van der Waals surface area contributed by atoms with Gasteiger partial charge in [-0.3, -0.25) is 10.1 Å². The maximum Gasteiger partial charge on any atom is 0.227 e. The number of likely N-dealkylation sites (tertiary alicyclic amines) is 1. The molecule has 2 heterocycles.